The summed E-state index contributed by atoms with van der Waals surface area (Å²) in [6.07, 6.45) is 0.760. The highest BCUT2D eigenvalue weighted by Gasteiger charge is 2.30. The summed E-state index contributed by atoms with van der Waals surface area (Å²) in [5.74, 6) is -0.981. The van der Waals surface area contributed by atoms with Crippen molar-refractivity contribution in [3.8, 4) is 0 Å². The Morgan fingerprint density at radius 1 is 0.222 bits per heavy atom. The number of carbonyl (C=O) groups is 3. The van der Waals surface area contributed by atoms with E-state index < -0.39 is 5.41 Å². The molecule has 0 fully saturated rings. The minimum atomic E-state index is -0.392. The molecule has 0 spiro atoms. The molecule has 0 radical (unpaired) electrons. The molecule has 0 saturated heterocycles. The van der Waals surface area contributed by atoms with Gasteiger partial charge in [0.25, 0.3) is 0 Å². The molecular formula is C48H92O24. The lowest BCUT2D eigenvalue weighted by molar-refractivity contribution is -0.143. The summed E-state index contributed by atoms with van der Waals surface area (Å²) in [4.78, 5) is 32.1. The van der Waals surface area contributed by atoms with Crippen molar-refractivity contribution in [3.63, 3.8) is 0 Å². The average Bonchev–Trinajstić information content (AvgIpc) is 3.36. The molecule has 0 rings (SSSR count). The first-order chi connectivity index (χ1) is 35.3. The molecule has 0 amide bonds. The summed E-state index contributed by atoms with van der Waals surface area (Å²) in [7, 11) is 0. The van der Waals surface area contributed by atoms with Crippen LogP contribution in [0.3, 0.4) is 0 Å². The second-order valence-corrected chi connectivity index (χ2v) is 15.2. The molecule has 24 nitrogen and oxygen atoms in total. The van der Waals surface area contributed by atoms with E-state index in [1.807, 2.05) is 0 Å². The first-order valence-corrected chi connectivity index (χ1v) is 25.1. The van der Waals surface area contributed by atoms with Crippen molar-refractivity contribution < 1.29 is 114 Å². The highest BCUT2D eigenvalue weighted by molar-refractivity contribution is 5.66. The van der Waals surface area contributed by atoms with Crippen LogP contribution >= 0.6 is 0 Å². The SMILES string of the molecule is CCC(COCCOCCOCCOCCOCCOCCOC(C)=O)(COCCOCCOCCOCCOCCOCCOC(C)=O)COCCOCCOCCOCCOCCOCCOC(C)=O. The number of rotatable bonds is 61. The maximum Gasteiger partial charge on any atom is 0.302 e. The van der Waals surface area contributed by atoms with Gasteiger partial charge in [0.15, 0.2) is 0 Å². The van der Waals surface area contributed by atoms with Gasteiger partial charge in [-0.05, 0) is 6.42 Å². The summed E-state index contributed by atoms with van der Waals surface area (Å²) < 4.78 is 115. The van der Waals surface area contributed by atoms with Crippen molar-refractivity contribution >= 4 is 17.9 Å². The zero-order valence-electron chi connectivity index (χ0n) is 44.1. The maximum absolute atomic E-state index is 10.7. The van der Waals surface area contributed by atoms with Gasteiger partial charge in [-0.15, -0.1) is 0 Å². The zero-order valence-corrected chi connectivity index (χ0v) is 44.1. The summed E-state index contributed by atoms with van der Waals surface area (Å²) >= 11 is 0. The van der Waals surface area contributed by atoms with E-state index in [4.69, 9.17) is 99.5 Å². The average molecular weight is 1050 g/mol. The first-order valence-electron chi connectivity index (χ1n) is 25.1. The predicted octanol–water partition coefficient (Wildman–Crippen LogP) is 1.37. The molecule has 0 aliphatic rings. The van der Waals surface area contributed by atoms with E-state index in [1.54, 1.807) is 0 Å². The molecule has 0 saturated carbocycles. The summed E-state index contributed by atoms with van der Waals surface area (Å²) in [6.45, 7) is 22.1. The van der Waals surface area contributed by atoms with Crippen LogP contribution in [0.15, 0.2) is 0 Å². The largest absolute Gasteiger partial charge is 0.463 e. The Kier molecular flexibility index (Phi) is 56.1. The third-order valence-corrected chi connectivity index (χ3v) is 9.15. The lowest BCUT2D eigenvalue weighted by Gasteiger charge is -2.32. The Balaban J connectivity index is 4.20. The van der Waals surface area contributed by atoms with E-state index >= 15 is 0 Å². The van der Waals surface area contributed by atoms with Gasteiger partial charge < -0.3 is 99.5 Å². The Morgan fingerprint density at radius 3 is 0.472 bits per heavy atom. The number of ether oxygens (including phenoxy) is 21. The van der Waals surface area contributed by atoms with Crippen LogP contribution in [-0.2, 0) is 114 Å². The molecule has 0 aliphatic heterocycles. The molecular weight excluding hydrogens is 961 g/mol. The Morgan fingerprint density at radius 2 is 0.347 bits per heavy atom. The van der Waals surface area contributed by atoms with Gasteiger partial charge in [0.1, 0.15) is 19.8 Å². The summed E-state index contributed by atoms with van der Waals surface area (Å²) in [5.41, 5.74) is -0.392. The smallest absolute Gasteiger partial charge is 0.302 e. The van der Waals surface area contributed by atoms with Gasteiger partial charge in [-0.2, -0.15) is 0 Å². The zero-order chi connectivity index (χ0) is 52.4. The summed E-state index contributed by atoms with van der Waals surface area (Å²) in [6, 6.07) is 0. The molecule has 0 aromatic carbocycles. The van der Waals surface area contributed by atoms with Gasteiger partial charge in [0, 0.05) is 26.2 Å². The van der Waals surface area contributed by atoms with Crippen LogP contribution in [0.2, 0.25) is 0 Å². The molecule has 0 bridgehead atoms. The Hall–Kier alpha value is -2.31. The fourth-order valence-corrected chi connectivity index (χ4v) is 5.33. The van der Waals surface area contributed by atoms with Crippen molar-refractivity contribution in [3.05, 3.63) is 0 Å². The topological polar surface area (TPSA) is 245 Å². The van der Waals surface area contributed by atoms with Gasteiger partial charge in [-0.1, -0.05) is 6.92 Å². The highest BCUT2D eigenvalue weighted by Crippen LogP contribution is 2.24. The molecule has 428 valence electrons. The van der Waals surface area contributed by atoms with Crippen LogP contribution in [-0.4, -0.2) is 276 Å². The molecule has 72 heavy (non-hydrogen) atoms. The molecule has 0 aliphatic carbocycles. The molecule has 0 aromatic heterocycles. The summed E-state index contributed by atoms with van der Waals surface area (Å²) in [5, 5.41) is 0. The molecule has 24 heteroatoms. The standard InChI is InChI=1S/C48H92O24/c1-5-48(42-67-33-30-61-21-18-55-9-6-52-12-15-58-24-27-64-36-39-70-45(2)49,43-68-34-31-62-22-19-56-10-7-53-13-16-59-25-28-65-37-40-71-46(3)50)44-69-35-32-63-23-20-57-11-8-54-14-17-60-26-29-66-38-41-72-47(4)51/h5-44H2,1-4H3. The van der Waals surface area contributed by atoms with Crippen LogP contribution in [0.4, 0.5) is 0 Å². The van der Waals surface area contributed by atoms with E-state index in [9.17, 15) is 14.4 Å². The van der Waals surface area contributed by atoms with E-state index in [2.05, 4.69) is 6.92 Å². The van der Waals surface area contributed by atoms with Crippen molar-refractivity contribution in [2.24, 2.45) is 5.41 Å². The number of esters is 3. The quantitative estimate of drug-likeness (QED) is 0.0474. The number of carbonyl (C=O) groups excluding carboxylic acids is 3. The minimum absolute atomic E-state index is 0.235. The monoisotopic (exact) mass is 1050 g/mol. The van der Waals surface area contributed by atoms with E-state index in [1.165, 1.54) is 20.8 Å². The van der Waals surface area contributed by atoms with Crippen LogP contribution in [0.25, 0.3) is 0 Å². The Bertz CT molecular complexity index is 1010. The molecule has 0 heterocycles. The fourth-order valence-electron chi connectivity index (χ4n) is 5.33. The second-order valence-electron chi connectivity index (χ2n) is 15.2. The third-order valence-electron chi connectivity index (χ3n) is 9.15. The van der Waals surface area contributed by atoms with Gasteiger partial charge in [-0.3, -0.25) is 14.4 Å². The van der Waals surface area contributed by atoms with Gasteiger partial charge in [0.2, 0.25) is 0 Å². The lowest BCUT2D eigenvalue weighted by atomic mass is 9.88. The van der Waals surface area contributed by atoms with E-state index in [-0.39, 0.29) is 37.7 Å². The van der Waals surface area contributed by atoms with Gasteiger partial charge in [-0.25, -0.2) is 0 Å². The fraction of sp³-hybridized carbons (Fsp3) is 0.938. The highest BCUT2D eigenvalue weighted by atomic mass is 16.6. The number of hydrogen-bond acceptors (Lipinski definition) is 24. The lowest BCUT2D eigenvalue weighted by Crippen LogP contribution is -2.38. The van der Waals surface area contributed by atoms with Crippen LogP contribution in [0.5, 0.6) is 0 Å². The van der Waals surface area contributed by atoms with Crippen LogP contribution in [0.1, 0.15) is 34.1 Å². The van der Waals surface area contributed by atoms with Crippen molar-refractivity contribution in [2.75, 3.05) is 258 Å². The molecule has 0 N–H and O–H groups in total. The normalized spacial score (nSPS) is 11.7. The minimum Gasteiger partial charge on any atom is -0.463 e. The second kappa shape index (κ2) is 58.0. The molecule has 0 aromatic rings. The number of hydrogen-bond donors (Lipinski definition) is 0. The Labute approximate surface area is 428 Å². The van der Waals surface area contributed by atoms with Crippen LogP contribution in [0, 0.1) is 5.41 Å². The maximum atomic E-state index is 10.7. The van der Waals surface area contributed by atoms with Crippen LogP contribution < -0.4 is 0 Å². The molecule has 0 atom stereocenters. The van der Waals surface area contributed by atoms with Gasteiger partial charge in [0.05, 0.1) is 238 Å². The predicted molar refractivity (Wildman–Crippen MR) is 257 cm³/mol. The van der Waals surface area contributed by atoms with Crippen molar-refractivity contribution in [1.29, 1.82) is 0 Å². The molecule has 0 unspecified atom stereocenters. The van der Waals surface area contributed by atoms with Gasteiger partial charge >= 0.3 is 17.9 Å². The van der Waals surface area contributed by atoms with Crippen molar-refractivity contribution in [2.45, 2.75) is 34.1 Å². The third kappa shape index (κ3) is 57.0. The first kappa shape index (κ1) is 69.7. The van der Waals surface area contributed by atoms with Crippen molar-refractivity contribution in [1.82, 2.24) is 0 Å². The van der Waals surface area contributed by atoms with E-state index in [0.717, 1.165) is 6.42 Å². The van der Waals surface area contributed by atoms with E-state index in [0.29, 0.717) is 238 Å².